The molecule has 0 atom stereocenters. The highest BCUT2D eigenvalue weighted by Crippen LogP contribution is 2.37. The second-order valence-electron chi connectivity index (χ2n) is 5.47. The first-order chi connectivity index (χ1) is 9.84. The van der Waals surface area contributed by atoms with Gasteiger partial charge in [-0.3, -0.25) is 0 Å². The van der Waals surface area contributed by atoms with Gasteiger partial charge in [0.2, 0.25) is 0 Å². The summed E-state index contributed by atoms with van der Waals surface area (Å²) in [5.41, 5.74) is 3.92. The Morgan fingerprint density at radius 3 is 1.75 bits per heavy atom. The fourth-order valence-electron chi connectivity index (χ4n) is 3.51. The predicted octanol–water partition coefficient (Wildman–Crippen LogP) is 3.66. The summed E-state index contributed by atoms with van der Waals surface area (Å²) in [5.74, 6) is 0. The molecule has 0 bridgehead atoms. The summed E-state index contributed by atoms with van der Waals surface area (Å²) in [5, 5.41) is 5.32. The van der Waals surface area contributed by atoms with Crippen molar-refractivity contribution in [2.45, 2.75) is 0 Å². The molecule has 0 N–H and O–H groups in total. The molecule has 0 saturated carbocycles. The smallest absolute Gasteiger partial charge is 0.178 e. The Labute approximate surface area is 115 Å². The van der Waals surface area contributed by atoms with Gasteiger partial charge >= 0.3 is 0 Å². The van der Waals surface area contributed by atoms with Crippen molar-refractivity contribution in [1.29, 1.82) is 0 Å². The SMILES string of the molecule is C[n+]1cc2c3ccccc3n3c4ccccc4c(c1)c23. The molecule has 0 saturated heterocycles. The van der Waals surface area contributed by atoms with Crippen LogP contribution >= 0.6 is 0 Å². The third-order valence-electron chi connectivity index (χ3n) is 4.27. The van der Waals surface area contributed by atoms with Crippen LogP contribution in [0.3, 0.4) is 0 Å². The summed E-state index contributed by atoms with van der Waals surface area (Å²) >= 11 is 0. The maximum absolute atomic E-state index is 2.40. The Balaban J connectivity index is 2.30. The molecule has 2 nitrogen and oxygen atoms in total. The van der Waals surface area contributed by atoms with Gasteiger partial charge in [-0.1, -0.05) is 36.4 Å². The molecular formula is C18H13N2+. The zero-order valence-electron chi connectivity index (χ0n) is 11.2. The van der Waals surface area contributed by atoms with Crippen LogP contribution in [0.25, 0.3) is 38.1 Å². The van der Waals surface area contributed by atoms with Gasteiger partial charge in [0.1, 0.15) is 7.05 Å². The molecule has 2 heteroatoms. The summed E-state index contributed by atoms with van der Waals surface area (Å²) < 4.78 is 4.56. The standard InChI is InChI=1S/C18H13N2/c1-19-10-14-12-6-2-4-8-16(12)20-17-9-5-3-7-13(17)15(11-19)18(14)20/h2-11H,1H3/q+1. The van der Waals surface area contributed by atoms with E-state index in [0.717, 1.165) is 0 Å². The third kappa shape index (κ3) is 1.04. The van der Waals surface area contributed by atoms with Gasteiger partial charge in [0.05, 0.1) is 27.3 Å². The van der Waals surface area contributed by atoms with Crippen molar-refractivity contribution in [3.05, 3.63) is 60.9 Å². The van der Waals surface area contributed by atoms with E-state index >= 15 is 0 Å². The lowest BCUT2D eigenvalue weighted by Gasteiger charge is -1.95. The zero-order valence-corrected chi connectivity index (χ0v) is 11.2. The Hall–Kier alpha value is -2.61. The Bertz CT molecular complexity index is 1020. The fraction of sp³-hybridized carbons (Fsp3) is 0.0556. The minimum absolute atomic E-state index is 1.29. The van der Waals surface area contributed by atoms with Gasteiger partial charge in [0, 0.05) is 10.8 Å². The van der Waals surface area contributed by atoms with Crippen LogP contribution < -0.4 is 4.57 Å². The van der Waals surface area contributed by atoms with E-state index < -0.39 is 0 Å². The highest BCUT2D eigenvalue weighted by atomic mass is 14.9. The second kappa shape index (κ2) is 3.28. The number of fused-ring (bicyclic) bond motifs is 6. The Morgan fingerprint density at radius 1 is 0.700 bits per heavy atom. The van der Waals surface area contributed by atoms with Crippen LogP contribution in [0, 0.1) is 0 Å². The molecule has 94 valence electrons. The molecule has 0 amide bonds. The van der Waals surface area contributed by atoms with E-state index in [-0.39, 0.29) is 0 Å². The molecule has 0 radical (unpaired) electrons. The van der Waals surface area contributed by atoms with E-state index in [9.17, 15) is 0 Å². The molecule has 2 aromatic carbocycles. The minimum Gasteiger partial charge on any atom is -0.308 e. The van der Waals surface area contributed by atoms with Crippen LogP contribution in [0.15, 0.2) is 60.9 Å². The molecule has 3 heterocycles. The molecule has 0 unspecified atom stereocenters. The summed E-state index contributed by atoms with van der Waals surface area (Å²) in [7, 11) is 2.10. The third-order valence-corrected chi connectivity index (χ3v) is 4.27. The minimum atomic E-state index is 1.29. The van der Waals surface area contributed by atoms with Crippen molar-refractivity contribution >= 4 is 38.1 Å². The first-order valence-electron chi connectivity index (χ1n) is 6.87. The Kier molecular flexibility index (Phi) is 1.68. The first-order valence-corrected chi connectivity index (χ1v) is 6.87. The average Bonchev–Trinajstić information content (AvgIpc) is 2.98. The highest BCUT2D eigenvalue weighted by molar-refractivity contribution is 6.22. The van der Waals surface area contributed by atoms with Crippen molar-refractivity contribution in [1.82, 2.24) is 4.40 Å². The number of nitrogens with zero attached hydrogens (tertiary/aromatic N) is 2. The summed E-state index contributed by atoms with van der Waals surface area (Å²) in [6, 6.07) is 17.3. The first kappa shape index (κ1) is 10.2. The van der Waals surface area contributed by atoms with Crippen molar-refractivity contribution in [3.8, 4) is 0 Å². The summed E-state index contributed by atoms with van der Waals surface area (Å²) in [6.07, 6.45) is 4.45. The molecule has 5 aromatic rings. The number of pyridine rings is 1. The maximum Gasteiger partial charge on any atom is 0.178 e. The zero-order chi connectivity index (χ0) is 13.3. The Morgan fingerprint density at radius 2 is 1.20 bits per heavy atom. The topological polar surface area (TPSA) is 8.29 Å². The van der Waals surface area contributed by atoms with Gasteiger partial charge in [0.25, 0.3) is 0 Å². The van der Waals surface area contributed by atoms with Crippen molar-refractivity contribution in [3.63, 3.8) is 0 Å². The molecule has 0 aliphatic heterocycles. The van der Waals surface area contributed by atoms with E-state index in [4.69, 9.17) is 0 Å². The fourth-order valence-corrected chi connectivity index (χ4v) is 3.51. The number of hydrogen-bond donors (Lipinski definition) is 0. The van der Waals surface area contributed by atoms with Crippen LogP contribution in [0.2, 0.25) is 0 Å². The summed E-state index contributed by atoms with van der Waals surface area (Å²) in [4.78, 5) is 0. The quantitative estimate of drug-likeness (QED) is 0.374. The van der Waals surface area contributed by atoms with Gasteiger partial charge < -0.3 is 4.40 Å². The van der Waals surface area contributed by atoms with E-state index in [1.54, 1.807) is 0 Å². The van der Waals surface area contributed by atoms with E-state index in [0.29, 0.717) is 0 Å². The molecule has 20 heavy (non-hydrogen) atoms. The lowest BCUT2D eigenvalue weighted by Crippen LogP contribution is -2.26. The molecule has 0 aliphatic rings. The van der Waals surface area contributed by atoms with Crippen LogP contribution in [0.1, 0.15) is 0 Å². The number of hydrogen-bond acceptors (Lipinski definition) is 0. The van der Waals surface area contributed by atoms with Gasteiger partial charge in [-0.2, -0.15) is 0 Å². The van der Waals surface area contributed by atoms with Crippen molar-refractivity contribution in [2.24, 2.45) is 7.05 Å². The van der Waals surface area contributed by atoms with Crippen molar-refractivity contribution < 1.29 is 4.57 Å². The molecule has 0 fully saturated rings. The molecular weight excluding hydrogens is 244 g/mol. The van der Waals surface area contributed by atoms with E-state index in [1.165, 1.54) is 38.1 Å². The number of aromatic nitrogens is 2. The predicted molar refractivity (Wildman–Crippen MR) is 82.3 cm³/mol. The van der Waals surface area contributed by atoms with Gasteiger partial charge in [-0.15, -0.1) is 0 Å². The molecule has 3 aromatic heterocycles. The molecule has 0 spiro atoms. The average molecular weight is 257 g/mol. The lowest BCUT2D eigenvalue weighted by molar-refractivity contribution is -0.668. The van der Waals surface area contributed by atoms with Crippen molar-refractivity contribution in [2.75, 3.05) is 0 Å². The highest BCUT2D eigenvalue weighted by Gasteiger charge is 2.19. The van der Waals surface area contributed by atoms with Crippen LogP contribution in [0.5, 0.6) is 0 Å². The molecule has 5 rings (SSSR count). The largest absolute Gasteiger partial charge is 0.308 e. The van der Waals surface area contributed by atoms with Gasteiger partial charge in [0.15, 0.2) is 12.4 Å². The van der Waals surface area contributed by atoms with Crippen LogP contribution in [-0.2, 0) is 7.05 Å². The lowest BCUT2D eigenvalue weighted by atomic mass is 10.1. The van der Waals surface area contributed by atoms with Gasteiger partial charge in [-0.25, -0.2) is 4.57 Å². The second-order valence-corrected chi connectivity index (χ2v) is 5.47. The number of aryl methyl sites for hydroxylation is 1. The van der Waals surface area contributed by atoms with E-state index in [1.807, 2.05) is 0 Å². The van der Waals surface area contributed by atoms with Crippen LogP contribution in [0.4, 0.5) is 0 Å². The number of para-hydroxylation sites is 2. The number of benzene rings is 2. The van der Waals surface area contributed by atoms with Crippen LogP contribution in [-0.4, -0.2) is 4.40 Å². The monoisotopic (exact) mass is 257 g/mol. The number of rotatable bonds is 0. The van der Waals surface area contributed by atoms with Gasteiger partial charge in [-0.05, 0) is 12.1 Å². The molecule has 0 aliphatic carbocycles. The van der Waals surface area contributed by atoms with E-state index in [2.05, 4.69) is 76.9 Å². The normalized spacial score (nSPS) is 12.2. The maximum atomic E-state index is 2.40. The summed E-state index contributed by atoms with van der Waals surface area (Å²) in [6.45, 7) is 0.